The van der Waals surface area contributed by atoms with Crippen LogP contribution in [-0.4, -0.2) is 39.0 Å². The highest BCUT2D eigenvalue weighted by Crippen LogP contribution is 2.33. The second-order valence-corrected chi connectivity index (χ2v) is 9.71. The number of anilines is 1. The van der Waals surface area contributed by atoms with Crippen LogP contribution in [-0.2, 0) is 6.54 Å². The molecule has 6 nitrogen and oxygen atoms in total. The van der Waals surface area contributed by atoms with Gasteiger partial charge in [-0.25, -0.2) is 15.0 Å². The number of pyridine rings is 1. The van der Waals surface area contributed by atoms with Crippen LogP contribution in [0.3, 0.4) is 0 Å². The molecule has 1 aliphatic rings. The summed E-state index contributed by atoms with van der Waals surface area (Å²) in [6.07, 6.45) is 3.70. The van der Waals surface area contributed by atoms with E-state index in [1.165, 1.54) is 11.1 Å². The van der Waals surface area contributed by atoms with Crippen molar-refractivity contribution in [1.82, 2.24) is 19.9 Å². The summed E-state index contributed by atoms with van der Waals surface area (Å²) < 4.78 is 0. The zero-order chi connectivity index (χ0) is 25.7. The first-order valence-corrected chi connectivity index (χ1v) is 13.0. The van der Waals surface area contributed by atoms with Gasteiger partial charge in [-0.3, -0.25) is 4.90 Å². The molecule has 0 unspecified atom stereocenters. The summed E-state index contributed by atoms with van der Waals surface area (Å²) in [5.74, 6) is 0.926. The molecule has 0 spiro atoms. The predicted octanol–water partition coefficient (Wildman–Crippen LogP) is 6.31. The molecule has 1 fully saturated rings. The second-order valence-electron chi connectivity index (χ2n) is 9.71. The number of fused-ring (bicyclic) bond motifs is 1. The maximum Gasteiger partial charge on any atom is 0.234 e. The quantitative estimate of drug-likeness (QED) is 0.297. The Balaban J connectivity index is 1.15. The van der Waals surface area contributed by atoms with E-state index < -0.39 is 0 Å². The summed E-state index contributed by atoms with van der Waals surface area (Å²) in [5, 5.41) is 13.6. The summed E-state index contributed by atoms with van der Waals surface area (Å²) in [6, 6.07) is 34.1. The summed E-state index contributed by atoms with van der Waals surface area (Å²) in [4.78, 5) is 15.7. The van der Waals surface area contributed by atoms with Crippen LogP contribution in [0.5, 0.6) is 0 Å². The van der Waals surface area contributed by atoms with Crippen LogP contribution in [0.15, 0.2) is 97.2 Å². The highest BCUT2D eigenvalue weighted by Gasteiger charge is 2.20. The Kier molecular flexibility index (Phi) is 6.75. The van der Waals surface area contributed by atoms with Crippen molar-refractivity contribution < 1.29 is 0 Å². The van der Waals surface area contributed by atoms with Gasteiger partial charge in [-0.15, -0.1) is 0 Å². The molecular weight excluding hydrogens is 468 g/mol. The van der Waals surface area contributed by atoms with E-state index in [1.54, 1.807) is 6.20 Å². The Morgan fingerprint density at radius 3 is 2.39 bits per heavy atom. The average molecular weight is 497 g/mol. The van der Waals surface area contributed by atoms with Crippen molar-refractivity contribution in [2.24, 2.45) is 0 Å². The number of piperidine rings is 1. The first-order valence-electron chi connectivity index (χ1n) is 13.0. The van der Waals surface area contributed by atoms with Crippen molar-refractivity contribution in [2.45, 2.75) is 25.4 Å². The summed E-state index contributed by atoms with van der Waals surface area (Å²) >= 11 is 0. The van der Waals surface area contributed by atoms with E-state index in [2.05, 4.69) is 93.0 Å². The van der Waals surface area contributed by atoms with Crippen LogP contribution in [0.25, 0.3) is 33.3 Å². The Morgan fingerprint density at radius 1 is 0.842 bits per heavy atom. The number of nitrogens with zero attached hydrogens (tertiary/aromatic N) is 5. The number of aromatic nitrogens is 3. The molecule has 5 aromatic rings. The first kappa shape index (κ1) is 23.8. The number of para-hydroxylation sites is 1. The van der Waals surface area contributed by atoms with E-state index in [0.717, 1.165) is 66.0 Å². The normalized spacial score (nSPS) is 14.3. The molecule has 6 rings (SSSR count). The van der Waals surface area contributed by atoms with Gasteiger partial charge in [0.2, 0.25) is 5.82 Å². The molecule has 0 saturated carbocycles. The molecule has 0 bridgehead atoms. The fraction of sp³-hybridized carbons (Fsp3) is 0.188. The lowest BCUT2D eigenvalue weighted by Gasteiger charge is -2.32. The Bertz CT molecular complexity index is 1580. The second kappa shape index (κ2) is 10.8. The zero-order valence-corrected chi connectivity index (χ0v) is 21.1. The van der Waals surface area contributed by atoms with Crippen LogP contribution in [0.4, 0.5) is 5.82 Å². The Hall–Kier alpha value is -4.60. The molecule has 38 heavy (non-hydrogen) atoms. The van der Waals surface area contributed by atoms with E-state index in [4.69, 9.17) is 10.2 Å². The Labute approximate surface area is 222 Å². The number of rotatable bonds is 6. The van der Waals surface area contributed by atoms with Gasteiger partial charge in [0, 0.05) is 48.4 Å². The van der Waals surface area contributed by atoms with Gasteiger partial charge in [0.25, 0.3) is 0 Å². The summed E-state index contributed by atoms with van der Waals surface area (Å²) in [7, 11) is 0. The number of nitrogens with one attached hydrogen (secondary N) is 1. The standard InChI is InChI=1S/C32H28N6/c33-21-31-34-17-14-30(37-31)35-27-15-18-38(19-16-27)22-23-10-12-24(13-11-23)28-20-26-8-4-5-9-29(26)36-32(28)25-6-2-1-3-7-25/h1-14,17,20,27H,15-16,18-19,22H2,(H,34,35,37). The number of likely N-dealkylation sites (tertiary alicyclic amines) is 1. The van der Waals surface area contributed by atoms with Gasteiger partial charge in [-0.05, 0) is 42.2 Å². The molecule has 0 radical (unpaired) electrons. The monoisotopic (exact) mass is 496 g/mol. The van der Waals surface area contributed by atoms with E-state index in [0.29, 0.717) is 6.04 Å². The molecule has 0 aliphatic carbocycles. The topological polar surface area (TPSA) is 77.7 Å². The molecule has 2 aromatic heterocycles. The number of hydrogen-bond acceptors (Lipinski definition) is 6. The molecule has 3 aromatic carbocycles. The zero-order valence-electron chi connectivity index (χ0n) is 21.1. The first-order chi connectivity index (χ1) is 18.7. The molecule has 186 valence electrons. The van der Waals surface area contributed by atoms with E-state index in [9.17, 15) is 0 Å². The highest BCUT2D eigenvalue weighted by atomic mass is 15.1. The SMILES string of the molecule is N#Cc1nccc(NC2CCN(Cc3ccc(-c4cc5ccccc5nc4-c4ccccc4)cc3)CC2)n1. The minimum atomic E-state index is 0.200. The van der Waals surface area contributed by atoms with E-state index in [1.807, 2.05) is 24.3 Å². The van der Waals surface area contributed by atoms with Gasteiger partial charge < -0.3 is 5.32 Å². The van der Waals surface area contributed by atoms with Crippen LogP contribution in [0, 0.1) is 11.3 Å². The maximum atomic E-state index is 9.02. The van der Waals surface area contributed by atoms with Crippen molar-refractivity contribution in [3.63, 3.8) is 0 Å². The summed E-state index contributed by atoms with van der Waals surface area (Å²) in [6.45, 7) is 2.96. The number of benzene rings is 3. The van der Waals surface area contributed by atoms with Crippen molar-refractivity contribution in [1.29, 1.82) is 5.26 Å². The lowest BCUT2D eigenvalue weighted by atomic mass is 9.96. The van der Waals surface area contributed by atoms with Gasteiger partial charge in [0.1, 0.15) is 11.9 Å². The molecule has 1 aliphatic heterocycles. The lowest BCUT2D eigenvalue weighted by Crippen LogP contribution is -2.38. The minimum Gasteiger partial charge on any atom is -0.367 e. The Morgan fingerprint density at radius 2 is 1.61 bits per heavy atom. The van der Waals surface area contributed by atoms with Crippen LogP contribution in [0.2, 0.25) is 0 Å². The van der Waals surface area contributed by atoms with Crippen molar-refractivity contribution in [2.75, 3.05) is 18.4 Å². The average Bonchev–Trinajstić information content (AvgIpc) is 2.98. The molecule has 1 N–H and O–H groups in total. The molecular formula is C32H28N6. The molecule has 0 amide bonds. The highest BCUT2D eigenvalue weighted by molar-refractivity contribution is 5.91. The maximum absolute atomic E-state index is 9.02. The predicted molar refractivity (Wildman–Crippen MR) is 151 cm³/mol. The largest absolute Gasteiger partial charge is 0.367 e. The molecule has 3 heterocycles. The van der Waals surface area contributed by atoms with Gasteiger partial charge in [-0.2, -0.15) is 5.26 Å². The van der Waals surface area contributed by atoms with Gasteiger partial charge >= 0.3 is 0 Å². The lowest BCUT2D eigenvalue weighted by molar-refractivity contribution is 0.211. The van der Waals surface area contributed by atoms with Crippen molar-refractivity contribution in [3.8, 4) is 28.5 Å². The fourth-order valence-electron chi connectivity index (χ4n) is 5.14. The van der Waals surface area contributed by atoms with Crippen molar-refractivity contribution >= 4 is 16.7 Å². The molecule has 0 atom stereocenters. The third-order valence-electron chi connectivity index (χ3n) is 7.14. The van der Waals surface area contributed by atoms with Crippen LogP contribution in [0.1, 0.15) is 24.2 Å². The van der Waals surface area contributed by atoms with E-state index in [-0.39, 0.29) is 5.82 Å². The number of hydrogen-bond donors (Lipinski definition) is 1. The smallest absolute Gasteiger partial charge is 0.234 e. The minimum absolute atomic E-state index is 0.200. The van der Waals surface area contributed by atoms with E-state index >= 15 is 0 Å². The fourth-order valence-corrected chi connectivity index (χ4v) is 5.14. The number of nitriles is 1. The van der Waals surface area contributed by atoms with Crippen LogP contribution < -0.4 is 5.32 Å². The van der Waals surface area contributed by atoms with Crippen LogP contribution >= 0.6 is 0 Å². The summed E-state index contributed by atoms with van der Waals surface area (Å²) in [5.41, 5.74) is 6.78. The van der Waals surface area contributed by atoms with Crippen molar-refractivity contribution in [3.05, 3.63) is 109 Å². The molecule has 6 heteroatoms. The van der Waals surface area contributed by atoms with Gasteiger partial charge in [-0.1, -0.05) is 72.8 Å². The van der Waals surface area contributed by atoms with Gasteiger partial charge in [0.15, 0.2) is 0 Å². The third kappa shape index (κ3) is 5.24. The van der Waals surface area contributed by atoms with Gasteiger partial charge in [0.05, 0.1) is 11.2 Å². The molecule has 1 saturated heterocycles. The third-order valence-corrected chi connectivity index (χ3v) is 7.14.